The molecule has 1 unspecified atom stereocenters. The summed E-state index contributed by atoms with van der Waals surface area (Å²) in [7, 11) is 0. The molecule has 0 aromatic rings. The van der Waals surface area contributed by atoms with E-state index >= 15 is 0 Å². The minimum Gasteiger partial charge on any atom is -0.353 e. The molecule has 0 radical (unpaired) electrons. The third kappa shape index (κ3) is 10.1. The van der Waals surface area contributed by atoms with Gasteiger partial charge in [-0.15, -0.1) is 0 Å². The van der Waals surface area contributed by atoms with Crippen molar-refractivity contribution in [3.05, 3.63) is 0 Å². The number of nitrogens with two attached hydrogens (primary N) is 1. The van der Waals surface area contributed by atoms with Gasteiger partial charge in [0, 0.05) is 18.6 Å². The minimum atomic E-state index is -0.0972. The van der Waals surface area contributed by atoms with Crippen molar-refractivity contribution >= 4 is 12.3 Å². The Morgan fingerprint density at radius 3 is 2.22 bits per heavy atom. The van der Waals surface area contributed by atoms with Gasteiger partial charge in [-0.1, -0.05) is 13.8 Å². The van der Waals surface area contributed by atoms with Gasteiger partial charge in [0.25, 0.3) is 0 Å². The molecule has 1 atom stereocenters. The van der Waals surface area contributed by atoms with Crippen LogP contribution >= 0.6 is 0 Å². The van der Waals surface area contributed by atoms with Crippen LogP contribution in [0.25, 0.3) is 0 Å². The molecular formula is C13H29N3O2. The Kier molecular flexibility index (Phi) is 13.2. The van der Waals surface area contributed by atoms with Crippen molar-refractivity contribution in [3.63, 3.8) is 0 Å². The largest absolute Gasteiger partial charge is 0.353 e. The lowest BCUT2D eigenvalue weighted by atomic mass is 10.2. The summed E-state index contributed by atoms with van der Waals surface area (Å²) in [5.41, 5.74) is 5.01. The molecule has 0 saturated carbocycles. The number of nitrogens with zero attached hydrogens (tertiary/aromatic N) is 1. The number of nitrogens with one attached hydrogen (secondary N) is 1. The summed E-state index contributed by atoms with van der Waals surface area (Å²) < 4.78 is 0. The summed E-state index contributed by atoms with van der Waals surface area (Å²) in [5.74, 6) is -0.0972. The maximum atomic E-state index is 10.4. The van der Waals surface area contributed by atoms with E-state index in [4.69, 9.17) is 5.73 Å². The van der Waals surface area contributed by atoms with Gasteiger partial charge in [0.05, 0.1) is 6.54 Å². The normalized spacial score (nSPS) is 17.3. The molecule has 18 heavy (non-hydrogen) atoms. The molecule has 5 heteroatoms. The molecule has 0 spiro atoms. The molecule has 1 fully saturated rings. The number of carbonyl (C=O) groups is 2. The molecule has 3 N–H and O–H groups in total. The second kappa shape index (κ2) is 12.4. The first kappa shape index (κ1) is 19.2. The highest BCUT2D eigenvalue weighted by atomic mass is 16.2. The van der Waals surface area contributed by atoms with E-state index in [0.717, 1.165) is 13.0 Å². The van der Waals surface area contributed by atoms with Gasteiger partial charge in [0.2, 0.25) is 12.3 Å². The fraction of sp³-hybridized carbons (Fsp3) is 0.846. The van der Waals surface area contributed by atoms with Crippen LogP contribution in [-0.2, 0) is 9.59 Å². The summed E-state index contributed by atoms with van der Waals surface area (Å²) in [4.78, 5) is 22.4. The molecular weight excluding hydrogens is 230 g/mol. The van der Waals surface area contributed by atoms with Gasteiger partial charge in [-0.3, -0.25) is 9.59 Å². The topological polar surface area (TPSA) is 75.4 Å². The Morgan fingerprint density at radius 2 is 2.06 bits per heavy atom. The average molecular weight is 259 g/mol. The smallest absolute Gasteiger partial charge is 0.233 e. The number of hydrogen-bond acceptors (Lipinski definition) is 3. The molecule has 0 aromatic heterocycles. The zero-order chi connectivity index (χ0) is 14.6. The number of amides is 2. The van der Waals surface area contributed by atoms with E-state index < -0.39 is 0 Å². The van der Waals surface area contributed by atoms with E-state index in [9.17, 15) is 9.59 Å². The first-order valence-electron chi connectivity index (χ1n) is 6.71. The first-order chi connectivity index (χ1) is 8.51. The fourth-order valence-corrected chi connectivity index (χ4v) is 1.49. The maximum Gasteiger partial charge on any atom is 0.233 e. The van der Waals surface area contributed by atoms with Crippen LogP contribution in [0.2, 0.25) is 0 Å². The van der Waals surface area contributed by atoms with E-state index in [-0.39, 0.29) is 18.5 Å². The second-order valence-corrected chi connectivity index (χ2v) is 4.26. The predicted octanol–water partition coefficient (Wildman–Crippen LogP) is 1.12. The van der Waals surface area contributed by atoms with Gasteiger partial charge >= 0.3 is 0 Å². The number of hydrogen-bond donors (Lipinski definition) is 2. The van der Waals surface area contributed by atoms with Gasteiger partial charge in [0.15, 0.2) is 0 Å². The molecule has 0 aromatic carbocycles. The van der Waals surface area contributed by atoms with E-state index in [1.165, 1.54) is 12.8 Å². The third-order valence-corrected chi connectivity index (χ3v) is 2.37. The Morgan fingerprint density at radius 1 is 1.50 bits per heavy atom. The number of likely N-dealkylation sites (tertiary alicyclic amines) is 1. The summed E-state index contributed by atoms with van der Waals surface area (Å²) in [6.45, 7) is 10.9. The standard InChI is InChI=1S/C6H11NO.C5H12N2O.C2H6/c1-6-3-2-4-7(6)5-8;1-4(2)7-5(8)3-6;1-2/h5-6H,2-4H2,1H3;4H,3,6H2,1-2H3,(H,7,8);1-2H3. The summed E-state index contributed by atoms with van der Waals surface area (Å²) in [6.07, 6.45) is 3.30. The van der Waals surface area contributed by atoms with Crippen LogP contribution in [0.15, 0.2) is 0 Å². The molecule has 1 aliphatic rings. The molecule has 1 aliphatic heterocycles. The lowest BCUT2D eigenvalue weighted by Gasteiger charge is -2.13. The Balaban J connectivity index is 0. The molecule has 0 bridgehead atoms. The SMILES string of the molecule is CC.CC(C)NC(=O)CN.CC1CCCN1C=O. The summed E-state index contributed by atoms with van der Waals surface area (Å²) in [5, 5.41) is 2.63. The highest BCUT2D eigenvalue weighted by molar-refractivity contribution is 5.77. The number of rotatable bonds is 3. The predicted molar refractivity (Wildman–Crippen MR) is 75.1 cm³/mol. The van der Waals surface area contributed by atoms with Crippen molar-refractivity contribution < 1.29 is 9.59 Å². The highest BCUT2D eigenvalue weighted by Gasteiger charge is 2.16. The molecule has 0 aliphatic carbocycles. The zero-order valence-electron chi connectivity index (χ0n) is 12.4. The van der Waals surface area contributed by atoms with Crippen LogP contribution in [0.3, 0.4) is 0 Å². The van der Waals surface area contributed by atoms with Gasteiger partial charge in [-0.2, -0.15) is 0 Å². The van der Waals surface area contributed by atoms with Crippen molar-refractivity contribution in [1.82, 2.24) is 10.2 Å². The Labute approximate surface area is 111 Å². The molecule has 1 heterocycles. The molecule has 5 nitrogen and oxygen atoms in total. The average Bonchev–Trinajstić information content (AvgIpc) is 2.77. The van der Waals surface area contributed by atoms with Crippen LogP contribution in [0.4, 0.5) is 0 Å². The van der Waals surface area contributed by atoms with E-state index in [0.29, 0.717) is 6.04 Å². The lowest BCUT2D eigenvalue weighted by molar-refractivity contribution is -0.120. The second-order valence-electron chi connectivity index (χ2n) is 4.26. The van der Waals surface area contributed by atoms with E-state index in [1.54, 1.807) is 0 Å². The zero-order valence-corrected chi connectivity index (χ0v) is 12.4. The third-order valence-electron chi connectivity index (χ3n) is 2.37. The van der Waals surface area contributed by atoms with Gasteiger partial charge in [-0.25, -0.2) is 0 Å². The minimum absolute atomic E-state index is 0.0815. The Bertz CT molecular complexity index is 220. The molecule has 108 valence electrons. The highest BCUT2D eigenvalue weighted by Crippen LogP contribution is 2.12. The fourth-order valence-electron chi connectivity index (χ4n) is 1.49. The van der Waals surface area contributed by atoms with Crippen LogP contribution in [0.1, 0.15) is 47.5 Å². The van der Waals surface area contributed by atoms with Crippen molar-refractivity contribution in [1.29, 1.82) is 0 Å². The van der Waals surface area contributed by atoms with Crippen LogP contribution in [-0.4, -0.2) is 42.4 Å². The van der Waals surface area contributed by atoms with Gasteiger partial charge in [-0.05, 0) is 33.6 Å². The summed E-state index contributed by atoms with van der Waals surface area (Å²) in [6, 6.07) is 0.693. The van der Waals surface area contributed by atoms with Gasteiger partial charge < -0.3 is 16.0 Å². The first-order valence-corrected chi connectivity index (χ1v) is 6.71. The molecule has 1 saturated heterocycles. The monoisotopic (exact) mass is 259 g/mol. The molecule has 2 amide bonds. The Hall–Kier alpha value is -1.10. The maximum absolute atomic E-state index is 10.4. The van der Waals surface area contributed by atoms with Crippen molar-refractivity contribution in [3.8, 4) is 0 Å². The quantitative estimate of drug-likeness (QED) is 0.746. The van der Waals surface area contributed by atoms with E-state index in [1.807, 2.05) is 32.6 Å². The van der Waals surface area contributed by atoms with Crippen molar-refractivity contribution in [2.75, 3.05) is 13.1 Å². The van der Waals surface area contributed by atoms with Gasteiger partial charge in [0.1, 0.15) is 0 Å². The lowest BCUT2D eigenvalue weighted by Crippen LogP contribution is -2.35. The van der Waals surface area contributed by atoms with Crippen LogP contribution in [0.5, 0.6) is 0 Å². The number of carbonyl (C=O) groups excluding carboxylic acids is 2. The molecule has 1 rings (SSSR count). The van der Waals surface area contributed by atoms with Crippen molar-refractivity contribution in [2.24, 2.45) is 5.73 Å². The van der Waals surface area contributed by atoms with E-state index in [2.05, 4.69) is 12.2 Å². The van der Waals surface area contributed by atoms with Crippen LogP contribution < -0.4 is 11.1 Å². The van der Waals surface area contributed by atoms with Crippen LogP contribution in [0, 0.1) is 0 Å². The van der Waals surface area contributed by atoms with Crippen molar-refractivity contribution in [2.45, 2.75) is 59.5 Å². The summed E-state index contributed by atoms with van der Waals surface area (Å²) >= 11 is 0.